The summed E-state index contributed by atoms with van der Waals surface area (Å²) < 4.78 is 6.66. The van der Waals surface area contributed by atoms with Crippen LogP contribution >= 0.6 is 27.5 Å². The Bertz CT molecular complexity index is 960. The molecule has 3 rings (SSSR count). The number of carbonyl (C=O) groups excluding carboxylic acids is 1. The molecule has 1 amide bonds. The lowest BCUT2D eigenvalue weighted by Gasteiger charge is -2.11. The predicted octanol–water partition coefficient (Wildman–Crippen LogP) is 5.61. The lowest BCUT2D eigenvalue weighted by molar-refractivity contribution is 0.102. The van der Waals surface area contributed by atoms with Crippen LogP contribution in [0, 0.1) is 6.92 Å². The van der Waals surface area contributed by atoms with Gasteiger partial charge in [0.2, 0.25) is 0 Å². The van der Waals surface area contributed by atoms with Crippen molar-refractivity contribution in [3.63, 3.8) is 0 Å². The van der Waals surface area contributed by atoms with E-state index in [0.29, 0.717) is 34.3 Å². The average Bonchev–Trinajstić information content (AvgIpc) is 2.58. The lowest BCUT2D eigenvalue weighted by atomic mass is 10.1. The number of carbonyl (C=O) groups is 1. The summed E-state index contributed by atoms with van der Waals surface area (Å²) in [7, 11) is 0. The first-order chi connectivity index (χ1) is 12.0. The summed E-state index contributed by atoms with van der Waals surface area (Å²) in [6.45, 7) is 4.34. The second-order valence-corrected chi connectivity index (χ2v) is 6.81. The lowest BCUT2D eigenvalue weighted by Crippen LogP contribution is -2.14. The maximum atomic E-state index is 12.6. The minimum atomic E-state index is -0.292. The highest BCUT2D eigenvalue weighted by Gasteiger charge is 2.14. The maximum absolute atomic E-state index is 12.6. The molecule has 1 aromatic heterocycles. The molecule has 2 aromatic carbocycles. The molecule has 0 unspecified atom stereocenters. The van der Waals surface area contributed by atoms with E-state index in [0.717, 1.165) is 15.4 Å². The first-order valence-corrected chi connectivity index (χ1v) is 8.95. The molecule has 0 saturated carbocycles. The van der Waals surface area contributed by atoms with Gasteiger partial charge in [-0.15, -0.1) is 0 Å². The van der Waals surface area contributed by atoms with Gasteiger partial charge in [-0.1, -0.05) is 27.5 Å². The zero-order valence-corrected chi connectivity index (χ0v) is 16.1. The van der Waals surface area contributed by atoms with Crippen LogP contribution in [0.15, 0.2) is 46.9 Å². The van der Waals surface area contributed by atoms with Gasteiger partial charge in [-0.25, -0.2) is 4.98 Å². The third-order valence-electron chi connectivity index (χ3n) is 3.68. The first-order valence-electron chi connectivity index (χ1n) is 7.78. The molecule has 6 heteroatoms. The van der Waals surface area contributed by atoms with E-state index in [9.17, 15) is 4.79 Å². The molecule has 0 saturated heterocycles. The fourth-order valence-corrected chi connectivity index (χ4v) is 2.89. The Hall–Kier alpha value is -2.11. The van der Waals surface area contributed by atoms with Crippen molar-refractivity contribution in [1.29, 1.82) is 0 Å². The Labute approximate surface area is 159 Å². The van der Waals surface area contributed by atoms with Gasteiger partial charge in [-0.2, -0.15) is 0 Å². The molecule has 3 aromatic rings. The Morgan fingerprint density at radius 2 is 2.04 bits per heavy atom. The zero-order valence-electron chi connectivity index (χ0n) is 13.8. The third kappa shape index (κ3) is 3.94. The summed E-state index contributed by atoms with van der Waals surface area (Å²) >= 11 is 9.51. The summed E-state index contributed by atoms with van der Waals surface area (Å²) in [5.74, 6) is 0.298. The number of anilines is 1. The number of pyridine rings is 1. The molecule has 0 aliphatic heterocycles. The van der Waals surface area contributed by atoms with E-state index in [1.165, 1.54) is 0 Å². The Kier molecular flexibility index (Phi) is 5.25. The number of fused-ring (bicyclic) bond motifs is 1. The Balaban J connectivity index is 1.98. The SMILES string of the molecule is CCOc1cc(C(=O)Nc2ccc(Br)c(C)c2)nc2ccc(Cl)cc12. The smallest absolute Gasteiger partial charge is 0.274 e. The van der Waals surface area contributed by atoms with Crippen molar-refractivity contribution >= 4 is 50.0 Å². The number of aromatic nitrogens is 1. The molecule has 0 spiro atoms. The molecule has 0 fully saturated rings. The van der Waals surface area contributed by atoms with Crippen LogP contribution in [0.1, 0.15) is 23.0 Å². The van der Waals surface area contributed by atoms with Crippen LogP contribution < -0.4 is 10.1 Å². The van der Waals surface area contributed by atoms with E-state index in [1.54, 1.807) is 24.3 Å². The van der Waals surface area contributed by atoms with Crippen LogP contribution in [-0.2, 0) is 0 Å². The number of amides is 1. The highest BCUT2D eigenvalue weighted by Crippen LogP contribution is 2.29. The molecule has 0 atom stereocenters. The summed E-state index contributed by atoms with van der Waals surface area (Å²) in [5.41, 5.74) is 2.70. The fourth-order valence-electron chi connectivity index (χ4n) is 2.48. The number of nitrogens with one attached hydrogen (secondary N) is 1. The number of benzene rings is 2. The van der Waals surface area contributed by atoms with Gasteiger partial charge < -0.3 is 10.1 Å². The minimum Gasteiger partial charge on any atom is -0.493 e. The molecule has 0 aliphatic carbocycles. The topological polar surface area (TPSA) is 51.2 Å². The largest absolute Gasteiger partial charge is 0.493 e. The van der Waals surface area contributed by atoms with Gasteiger partial charge >= 0.3 is 0 Å². The predicted molar refractivity (Wildman–Crippen MR) is 105 cm³/mol. The molecule has 0 bridgehead atoms. The number of halogens is 2. The van der Waals surface area contributed by atoms with E-state index in [1.807, 2.05) is 32.0 Å². The van der Waals surface area contributed by atoms with Gasteiger partial charge in [0.05, 0.1) is 12.1 Å². The van der Waals surface area contributed by atoms with Gasteiger partial charge in [0, 0.05) is 26.6 Å². The second-order valence-electron chi connectivity index (χ2n) is 5.52. The molecule has 128 valence electrons. The van der Waals surface area contributed by atoms with E-state index in [2.05, 4.69) is 26.2 Å². The zero-order chi connectivity index (χ0) is 18.0. The molecule has 0 aliphatic rings. The summed E-state index contributed by atoms with van der Waals surface area (Å²) in [6, 6.07) is 12.6. The van der Waals surface area contributed by atoms with Crippen LogP contribution in [0.2, 0.25) is 5.02 Å². The number of ether oxygens (including phenoxy) is 1. The van der Waals surface area contributed by atoms with Crippen LogP contribution in [0.25, 0.3) is 10.9 Å². The first kappa shape index (κ1) is 17.7. The minimum absolute atomic E-state index is 0.291. The molecule has 4 nitrogen and oxygen atoms in total. The summed E-state index contributed by atoms with van der Waals surface area (Å²) in [4.78, 5) is 17.0. The van der Waals surface area contributed by atoms with Gasteiger partial charge in [0.25, 0.3) is 5.91 Å². The van der Waals surface area contributed by atoms with Crippen molar-refractivity contribution in [3.8, 4) is 5.75 Å². The number of nitrogens with zero attached hydrogens (tertiary/aromatic N) is 1. The monoisotopic (exact) mass is 418 g/mol. The van der Waals surface area contributed by atoms with Gasteiger partial charge in [0.1, 0.15) is 11.4 Å². The summed E-state index contributed by atoms with van der Waals surface area (Å²) in [5, 5.41) is 4.25. The standard InChI is InChI=1S/C19H16BrClN2O2/c1-3-25-18-10-17(23-16-7-4-12(21)9-14(16)18)19(24)22-13-5-6-15(20)11(2)8-13/h4-10H,3H2,1-2H3,(H,22,24). The van der Waals surface area contributed by atoms with Crippen LogP contribution in [-0.4, -0.2) is 17.5 Å². The molecular formula is C19H16BrClN2O2. The van der Waals surface area contributed by atoms with Crippen LogP contribution in [0.5, 0.6) is 5.75 Å². The van der Waals surface area contributed by atoms with Gasteiger partial charge in [-0.3, -0.25) is 4.79 Å². The third-order valence-corrected chi connectivity index (χ3v) is 4.81. The quantitative estimate of drug-likeness (QED) is 0.598. The van der Waals surface area contributed by atoms with E-state index in [-0.39, 0.29) is 5.91 Å². The maximum Gasteiger partial charge on any atom is 0.274 e. The molecule has 0 radical (unpaired) electrons. The van der Waals surface area contributed by atoms with Crippen LogP contribution in [0.4, 0.5) is 5.69 Å². The van der Waals surface area contributed by atoms with E-state index in [4.69, 9.17) is 16.3 Å². The van der Waals surface area contributed by atoms with Crippen molar-refractivity contribution in [2.45, 2.75) is 13.8 Å². The van der Waals surface area contributed by atoms with E-state index >= 15 is 0 Å². The molecule has 1 N–H and O–H groups in total. The summed E-state index contributed by atoms with van der Waals surface area (Å²) in [6.07, 6.45) is 0. The highest BCUT2D eigenvalue weighted by atomic mass is 79.9. The van der Waals surface area contributed by atoms with Crippen molar-refractivity contribution in [2.24, 2.45) is 0 Å². The number of hydrogen-bond acceptors (Lipinski definition) is 3. The molecular weight excluding hydrogens is 404 g/mol. The van der Waals surface area contributed by atoms with Crippen LogP contribution in [0.3, 0.4) is 0 Å². The number of rotatable bonds is 4. The van der Waals surface area contributed by atoms with Crippen molar-refractivity contribution in [1.82, 2.24) is 4.98 Å². The van der Waals surface area contributed by atoms with Crippen molar-refractivity contribution in [2.75, 3.05) is 11.9 Å². The second kappa shape index (κ2) is 7.42. The highest BCUT2D eigenvalue weighted by molar-refractivity contribution is 9.10. The van der Waals surface area contributed by atoms with Crippen molar-refractivity contribution in [3.05, 3.63) is 63.2 Å². The van der Waals surface area contributed by atoms with Crippen molar-refractivity contribution < 1.29 is 9.53 Å². The number of aryl methyl sites for hydroxylation is 1. The van der Waals surface area contributed by atoms with Gasteiger partial charge in [-0.05, 0) is 55.8 Å². The Morgan fingerprint density at radius 1 is 1.24 bits per heavy atom. The van der Waals surface area contributed by atoms with E-state index < -0.39 is 0 Å². The fraction of sp³-hybridized carbons (Fsp3) is 0.158. The Morgan fingerprint density at radius 3 is 2.76 bits per heavy atom. The number of hydrogen-bond donors (Lipinski definition) is 1. The molecule has 25 heavy (non-hydrogen) atoms. The normalized spacial score (nSPS) is 10.7. The van der Waals surface area contributed by atoms with Gasteiger partial charge in [0.15, 0.2) is 0 Å². The average molecular weight is 420 g/mol. The molecule has 1 heterocycles.